The maximum Gasteiger partial charge on any atom is 0.247 e. The zero-order valence-electron chi connectivity index (χ0n) is 23.4. The van der Waals surface area contributed by atoms with E-state index in [9.17, 15) is 4.79 Å². The number of piperazine rings is 1. The van der Waals surface area contributed by atoms with E-state index in [4.69, 9.17) is 4.74 Å². The monoisotopic (exact) mass is 621 g/mol. The SMILES string of the molecule is C=CC(=O)Nc1cc(Nc2ncnc(Nc3cccc(Br)c3)n2)c(OC)cc1N1CCC(N2CCN(C)CC2)CC1. The van der Waals surface area contributed by atoms with E-state index in [1.54, 1.807) is 7.11 Å². The topological polar surface area (TPSA) is 111 Å². The van der Waals surface area contributed by atoms with E-state index < -0.39 is 0 Å². The fraction of sp³-hybridized carbons (Fsp3) is 0.379. The van der Waals surface area contributed by atoms with Crippen molar-refractivity contribution in [1.82, 2.24) is 24.8 Å². The number of ether oxygens (including phenoxy) is 1. The van der Waals surface area contributed by atoms with Crippen molar-refractivity contribution < 1.29 is 9.53 Å². The number of carbonyl (C=O) groups is 1. The molecule has 2 fully saturated rings. The molecule has 1 aromatic heterocycles. The fourth-order valence-corrected chi connectivity index (χ4v) is 5.67. The van der Waals surface area contributed by atoms with Crippen LogP contribution in [0.2, 0.25) is 0 Å². The van der Waals surface area contributed by atoms with Crippen molar-refractivity contribution in [2.75, 3.05) is 74.3 Å². The van der Waals surface area contributed by atoms with Crippen LogP contribution in [0, 0.1) is 0 Å². The highest BCUT2D eigenvalue weighted by Gasteiger charge is 2.28. The van der Waals surface area contributed by atoms with Gasteiger partial charge in [0, 0.05) is 61.5 Å². The quantitative estimate of drug-likeness (QED) is 0.296. The first-order chi connectivity index (χ1) is 19.9. The summed E-state index contributed by atoms with van der Waals surface area (Å²) in [7, 11) is 3.81. The number of nitrogens with one attached hydrogen (secondary N) is 3. The van der Waals surface area contributed by atoms with Crippen LogP contribution < -0.4 is 25.6 Å². The Morgan fingerprint density at radius 3 is 2.44 bits per heavy atom. The molecule has 0 spiro atoms. The summed E-state index contributed by atoms with van der Waals surface area (Å²) in [6, 6.07) is 12.1. The predicted molar refractivity (Wildman–Crippen MR) is 167 cm³/mol. The van der Waals surface area contributed by atoms with Gasteiger partial charge in [0.15, 0.2) is 0 Å². The van der Waals surface area contributed by atoms with Gasteiger partial charge >= 0.3 is 0 Å². The number of methoxy groups -OCH3 is 1. The maximum atomic E-state index is 12.4. The van der Waals surface area contributed by atoms with Gasteiger partial charge in [-0.25, -0.2) is 9.97 Å². The molecule has 2 aliphatic rings. The number of aromatic nitrogens is 3. The lowest BCUT2D eigenvalue weighted by molar-refractivity contribution is -0.111. The van der Waals surface area contributed by atoms with Crippen LogP contribution in [0.5, 0.6) is 5.75 Å². The van der Waals surface area contributed by atoms with Crippen LogP contribution in [-0.4, -0.2) is 90.1 Å². The van der Waals surface area contributed by atoms with Gasteiger partial charge in [0.2, 0.25) is 17.8 Å². The van der Waals surface area contributed by atoms with E-state index in [0.29, 0.717) is 35.1 Å². The highest BCUT2D eigenvalue weighted by Crippen LogP contribution is 2.39. The zero-order chi connectivity index (χ0) is 28.8. The Hall–Kier alpha value is -3.74. The van der Waals surface area contributed by atoms with Crippen LogP contribution >= 0.6 is 15.9 Å². The van der Waals surface area contributed by atoms with Gasteiger partial charge in [-0.1, -0.05) is 28.6 Å². The molecule has 11 nitrogen and oxygen atoms in total. The predicted octanol–water partition coefficient (Wildman–Crippen LogP) is 4.47. The lowest BCUT2D eigenvalue weighted by Crippen LogP contribution is -2.52. The van der Waals surface area contributed by atoms with Gasteiger partial charge in [-0.2, -0.15) is 4.98 Å². The van der Waals surface area contributed by atoms with Gasteiger partial charge in [-0.15, -0.1) is 0 Å². The largest absolute Gasteiger partial charge is 0.494 e. The molecule has 0 aliphatic carbocycles. The molecule has 12 heteroatoms. The first-order valence-corrected chi connectivity index (χ1v) is 14.5. The first-order valence-electron chi connectivity index (χ1n) is 13.7. The number of nitrogens with zero attached hydrogens (tertiary/aromatic N) is 6. The lowest BCUT2D eigenvalue weighted by Gasteiger charge is -2.43. The van der Waals surface area contributed by atoms with Crippen LogP contribution in [0.15, 0.2) is 59.9 Å². The van der Waals surface area contributed by atoms with E-state index in [-0.39, 0.29) is 5.91 Å². The Morgan fingerprint density at radius 1 is 1.02 bits per heavy atom. The number of piperidine rings is 1. The molecule has 2 aromatic carbocycles. The molecule has 0 radical (unpaired) electrons. The molecule has 1 amide bonds. The number of hydrogen-bond acceptors (Lipinski definition) is 10. The molecular formula is C29H36BrN9O2. The number of hydrogen-bond donors (Lipinski definition) is 3. The second-order valence-electron chi connectivity index (χ2n) is 10.2. The molecule has 0 atom stereocenters. The van der Waals surface area contributed by atoms with Crippen molar-refractivity contribution in [3.8, 4) is 5.75 Å². The molecule has 5 rings (SSSR count). The van der Waals surface area contributed by atoms with Crippen LogP contribution in [0.3, 0.4) is 0 Å². The summed E-state index contributed by atoms with van der Waals surface area (Å²) in [4.78, 5) is 32.8. The number of likely N-dealkylation sites (N-methyl/N-ethyl adjacent to an activating group) is 1. The minimum absolute atomic E-state index is 0.282. The van der Waals surface area contributed by atoms with E-state index in [1.165, 1.54) is 12.4 Å². The van der Waals surface area contributed by atoms with Crippen LogP contribution in [0.25, 0.3) is 0 Å². The molecule has 3 heterocycles. The summed E-state index contributed by atoms with van der Waals surface area (Å²) >= 11 is 3.47. The molecule has 216 valence electrons. The van der Waals surface area contributed by atoms with Gasteiger partial charge in [0.1, 0.15) is 12.1 Å². The molecule has 0 unspecified atom stereocenters. The smallest absolute Gasteiger partial charge is 0.247 e. The summed E-state index contributed by atoms with van der Waals surface area (Å²) in [6.07, 6.45) is 4.84. The number of carbonyl (C=O) groups excluding carboxylic acids is 1. The number of halogens is 1. The van der Waals surface area contributed by atoms with Crippen LogP contribution in [0.1, 0.15) is 12.8 Å². The van der Waals surface area contributed by atoms with Gasteiger partial charge in [-0.3, -0.25) is 9.69 Å². The number of rotatable bonds is 9. The summed E-state index contributed by atoms with van der Waals surface area (Å²) < 4.78 is 6.72. The van der Waals surface area contributed by atoms with Crippen LogP contribution in [0.4, 0.5) is 34.6 Å². The van der Waals surface area contributed by atoms with E-state index in [0.717, 1.165) is 68.0 Å². The third-order valence-electron chi connectivity index (χ3n) is 7.52. The average Bonchev–Trinajstić information content (AvgIpc) is 2.98. The van der Waals surface area contributed by atoms with Crippen molar-refractivity contribution in [2.24, 2.45) is 0 Å². The van der Waals surface area contributed by atoms with Gasteiger partial charge in [0.05, 0.1) is 24.2 Å². The fourth-order valence-electron chi connectivity index (χ4n) is 5.27. The summed E-state index contributed by atoms with van der Waals surface area (Å²) in [5.74, 6) is 1.05. The van der Waals surface area contributed by atoms with E-state index in [1.807, 2.05) is 36.4 Å². The highest BCUT2D eigenvalue weighted by atomic mass is 79.9. The maximum absolute atomic E-state index is 12.4. The van der Waals surface area contributed by atoms with Gasteiger partial charge in [-0.05, 0) is 50.2 Å². The second kappa shape index (κ2) is 13.3. The van der Waals surface area contributed by atoms with E-state index in [2.05, 4.69) is 75.2 Å². The minimum Gasteiger partial charge on any atom is -0.494 e. The molecular weight excluding hydrogens is 586 g/mol. The average molecular weight is 623 g/mol. The van der Waals surface area contributed by atoms with Crippen molar-refractivity contribution in [3.05, 3.63) is 59.9 Å². The molecule has 2 aliphatic heterocycles. The molecule has 3 N–H and O–H groups in total. The number of amides is 1. The third-order valence-corrected chi connectivity index (χ3v) is 8.01. The molecule has 0 saturated carbocycles. The van der Waals surface area contributed by atoms with Crippen molar-refractivity contribution in [1.29, 1.82) is 0 Å². The molecule has 2 saturated heterocycles. The number of anilines is 6. The molecule has 41 heavy (non-hydrogen) atoms. The summed E-state index contributed by atoms with van der Waals surface area (Å²) in [5.41, 5.74) is 3.02. The van der Waals surface area contributed by atoms with Crippen LogP contribution in [-0.2, 0) is 4.79 Å². The van der Waals surface area contributed by atoms with E-state index >= 15 is 0 Å². The van der Waals surface area contributed by atoms with Gasteiger partial charge in [0.25, 0.3) is 0 Å². The second-order valence-corrected chi connectivity index (χ2v) is 11.1. The Balaban J connectivity index is 1.35. The third kappa shape index (κ3) is 7.32. The van der Waals surface area contributed by atoms with Gasteiger partial charge < -0.3 is 30.5 Å². The first kappa shape index (κ1) is 28.8. The standard InChI is InChI=1S/C29H36BrN9O2/c1-4-27(40)34-23-17-24(35-29-32-19-31-28(36-29)33-21-7-5-6-20(30)16-21)26(41-3)18-25(23)39-10-8-22(9-11-39)38-14-12-37(2)13-15-38/h4-7,16-19,22H,1,8-15H2,2-3H3,(H,34,40)(H2,31,32,33,35,36). The highest BCUT2D eigenvalue weighted by molar-refractivity contribution is 9.10. The molecule has 0 bridgehead atoms. The molecule has 3 aromatic rings. The minimum atomic E-state index is -0.282. The van der Waals surface area contributed by atoms with Crippen molar-refractivity contribution in [3.63, 3.8) is 0 Å². The zero-order valence-corrected chi connectivity index (χ0v) is 25.0. The summed E-state index contributed by atoms with van der Waals surface area (Å²) in [6.45, 7) is 9.88. The van der Waals surface area contributed by atoms with Crippen molar-refractivity contribution in [2.45, 2.75) is 18.9 Å². The summed E-state index contributed by atoms with van der Waals surface area (Å²) in [5, 5.41) is 9.40. The lowest BCUT2D eigenvalue weighted by atomic mass is 10.0. The number of benzene rings is 2. The normalized spacial score (nSPS) is 16.7. The van der Waals surface area contributed by atoms with Crippen molar-refractivity contribution >= 4 is 56.5 Å². The Morgan fingerprint density at radius 2 is 1.76 bits per heavy atom. The Bertz CT molecular complexity index is 1370. The Kier molecular flexibility index (Phi) is 9.32. The Labute approximate surface area is 249 Å².